The van der Waals surface area contributed by atoms with Crippen LogP contribution in [0.25, 0.3) is 11.2 Å². The second-order valence-corrected chi connectivity index (χ2v) is 6.51. The Morgan fingerprint density at radius 2 is 2.13 bits per heavy atom. The standard InChI is InChI=1S/C14H17ClFN5O2/c15-14-19-12(17-3-1-2-16)8-13(20-14)21(5-18-8)9-6-4-7(6)10(22)11(9)23/h5-7,9-11,22-23H,1-4H2,(H,17,19,20)/t6-,7+,9+,10+,11-/m0/s1. The predicted octanol–water partition coefficient (Wildman–Crippen LogP) is 1.16. The van der Waals surface area contributed by atoms with Crippen LogP contribution in [0.5, 0.6) is 0 Å². The van der Waals surface area contributed by atoms with E-state index in [0.29, 0.717) is 29.9 Å². The number of nitrogens with one attached hydrogen (secondary N) is 1. The average Bonchev–Trinajstić information content (AvgIpc) is 3.13. The summed E-state index contributed by atoms with van der Waals surface area (Å²) in [5.74, 6) is 0.827. The Bertz CT molecular complexity index is 741. The molecule has 2 heterocycles. The molecule has 0 spiro atoms. The molecule has 2 saturated carbocycles. The van der Waals surface area contributed by atoms with Crippen LogP contribution in [0.3, 0.4) is 0 Å². The molecule has 2 aliphatic rings. The molecule has 0 saturated heterocycles. The van der Waals surface area contributed by atoms with Gasteiger partial charge in [0.1, 0.15) is 6.10 Å². The Balaban J connectivity index is 1.72. The summed E-state index contributed by atoms with van der Waals surface area (Å²) in [4.78, 5) is 12.7. The van der Waals surface area contributed by atoms with Crippen LogP contribution in [0.2, 0.25) is 5.28 Å². The molecule has 124 valence electrons. The number of aromatic nitrogens is 4. The first-order valence-electron chi connectivity index (χ1n) is 7.68. The van der Waals surface area contributed by atoms with Gasteiger partial charge in [-0.15, -0.1) is 0 Å². The van der Waals surface area contributed by atoms with Crippen molar-refractivity contribution in [2.75, 3.05) is 18.5 Å². The van der Waals surface area contributed by atoms with Crippen molar-refractivity contribution in [3.8, 4) is 0 Å². The molecule has 0 unspecified atom stereocenters. The number of rotatable bonds is 5. The summed E-state index contributed by atoms with van der Waals surface area (Å²) in [5.41, 5.74) is 1.04. The molecule has 2 aliphatic carbocycles. The molecule has 0 aromatic carbocycles. The van der Waals surface area contributed by atoms with E-state index in [4.69, 9.17) is 11.6 Å². The van der Waals surface area contributed by atoms with Gasteiger partial charge in [0.05, 0.1) is 25.1 Å². The molecule has 0 bridgehead atoms. The van der Waals surface area contributed by atoms with Crippen molar-refractivity contribution in [2.45, 2.75) is 31.1 Å². The first-order valence-corrected chi connectivity index (χ1v) is 8.05. The van der Waals surface area contributed by atoms with Crippen molar-refractivity contribution in [3.63, 3.8) is 0 Å². The fraction of sp³-hybridized carbons (Fsp3) is 0.643. The summed E-state index contributed by atoms with van der Waals surface area (Å²) in [6.45, 7) is -0.000108. The monoisotopic (exact) mass is 341 g/mol. The summed E-state index contributed by atoms with van der Waals surface area (Å²) >= 11 is 5.99. The zero-order valence-corrected chi connectivity index (χ0v) is 13.0. The van der Waals surface area contributed by atoms with E-state index in [2.05, 4.69) is 20.3 Å². The summed E-state index contributed by atoms with van der Waals surface area (Å²) in [7, 11) is 0. The minimum Gasteiger partial charge on any atom is -0.390 e. The molecule has 0 aliphatic heterocycles. The summed E-state index contributed by atoms with van der Waals surface area (Å²) in [6, 6.07) is -0.260. The number of anilines is 1. The van der Waals surface area contributed by atoms with Crippen LogP contribution >= 0.6 is 11.6 Å². The van der Waals surface area contributed by atoms with Crippen LogP contribution in [-0.4, -0.2) is 55.2 Å². The van der Waals surface area contributed by atoms with Crippen molar-refractivity contribution in [3.05, 3.63) is 11.6 Å². The van der Waals surface area contributed by atoms with Gasteiger partial charge in [0.15, 0.2) is 17.0 Å². The molecule has 3 N–H and O–H groups in total. The Labute approximate surface area is 136 Å². The largest absolute Gasteiger partial charge is 0.390 e. The topological polar surface area (TPSA) is 96.1 Å². The second kappa shape index (κ2) is 5.54. The van der Waals surface area contributed by atoms with Crippen molar-refractivity contribution in [1.82, 2.24) is 19.5 Å². The molecule has 2 aromatic rings. The van der Waals surface area contributed by atoms with Gasteiger partial charge in [0.2, 0.25) is 5.28 Å². The van der Waals surface area contributed by atoms with Gasteiger partial charge in [-0.05, 0) is 36.3 Å². The molecule has 4 rings (SSSR count). The molecule has 2 fully saturated rings. The van der Waals surface area contributed by atoms with Crippen LogP contribution in [0.4, 0.5) is 10.2 Å². The van der Waals surface area contributed by atoms with Gasteiger partial charge >= 0.3 is 0 Å². The molecule has 9 heteroatoms. The summed E-state index contributed by atoms with van der Waals surface area (Å²) in [6.07, 6.45) is 1.30. The third-order valence-corrected chi connectivity index (χ3v) is 4.96. The number of hydrogen-bond acceptors (Lipinski definition) is 6. The quantitative estimate of drug-likeness (QED) is 0.558. The lowest BCUT2D eigenvalue weighted by Gasteiger charge is -2.22. The van der Waals surface area contributed by atoms with Crippen LogP contribution in [0.15, 0.2) is 6.33 Å². The van der Waals surface area contributed by atoms with E-state index in [-0.39, 0.29) is 23.2 Å². The Morgan fingerprint density at radius 1 is 1.30 bits per heavy atom. The molecule has 5 atom stereocenters. The third-order valence-electron chi connectivity index (χ3n) is 4.79. The normalized spacial score (nSPS) is 32.3. The van der Waals surface area contributed by atoms with Gasteiger partial charge in [-0.2, -0.15) is 9.97 Å². The van der Waals surface area contributed by atoms with Gasteiger partial charge in [0.25, 0.3) is 0 Å². The molecular weight excluding hydrogens is 325 g/mol. The van der Waals surface area contributed by atoms with Crippen molar-refractivity contribution in [2.24, 2.45) is 11.8 Å². The number of aliphatic hydroxyl groups excluding tert-OH is 2. The van der Waals surface area contributed by atoms with Gasteiger partial charge in [-0.3, -0.25) is 4.39 Å². The second-order valence-electron chi connectivity index (χ2n) is 6.17. The lowest BCUT2D eigenvalue weighted by Crippen LogP contribution is -2.31. The smallest absolute Gasteiger partial charge is 0.226 e. The number of halogens is 2. The van der Waals surface area contributed by atoms with E-state index in [1.54, 1.807) is 10.9 Å². The number of imidazole rings is 1. The van der Waals surface area contributed by atoms with Crippen LogP contribution in [0, 0.1) is 11.8 Å². The minimum absolute atomic E-state index is 0.0578. The highest BCUT2D eigenvalue weighted by Gasteiger charge is 2.60. The lowest BCUT2D eigenvalue weighted by atomic mass is 10.1. The Morgan fingerprint density at radius 3 is 2.83 bits per heavy atom. The van der Waals surface area contributed by atoms with E-state index in [1.807, 2.05) is 0 Å². The van der Waals surface area contributed by atoms with E-state index >= 15 is 0 Å². The molecule has 0 amide bonds. The summed E-state index contributed by atoms with van der Waals surface area (Å²) in [5, 5.41) is 23.3. The van der Waals surface area contributed by atoms with Gasteiger partial charge < -0.3 is 20.1 Å². The Hall–Kier alpha value is -1.51. The van der Waals surface area contributed by atoms with Crippen molar-refractivity contribution < 1.29 is 14.6 Å². The highest BCUT2D eigenvalue weighted by molar-refractivity contribution is 6.28. The van der Waals surface area contributed by atoms with E-state index in [1.165, 1.54) is 0 Å². The number of alkyl halides is 1. The first-order chi connectivity index (χ1) is 11.1. The number of nitrogens with zero attached hydrogens (tertiary/aromatic N) is 4. The molecule has 2 aromatic heterocycles. The molecule has 7 nitrogen and oxygen atoms in total. The van der Waals surface area contributed by atoms with E-state index < -0.39 is 18.9 Å². The fourth-order valence-electron chi connectivity index (χ4n) is 3.61. The number of aliphatic hydroxyl groups is 2. The highest BCUT2D eigenvalue weighted by atomic mass is 35.5. The van der Waals surface area contributed by atoms with Gasteiger partial charge in [-0.1, -0.05) is 0 Å². The van der Waals surface area contributed by atoms with Crippen molar-refractivity contribution >= 4 is 28.6 Å². The maximum absolute atomic E-state index is 12.3. The summed E-state index contributed by atoms with van der Waals surface area (Å²) < 4.78 is 14.0. The predicted molar refractivity (Wildman–Crippen MR) is 82.1 cm³/mol. The van der Waals surface area contributed by atoms with Crippen LogP contribution in [-0.2, 0) is 0 Å². The molecular formula is C14H17ClFN5O2. The zero-order valence-electron chi connectivity index (χ0n) is 12.2. The van der Waals surface area contributed by atoms with Crippen LogP contribution < -0.4 is 5.32 Å². The molecule has 0 radical (unpaired) electrons. The van der Waals surface area contributed by atoms with E-state index in [9.17, 15) is 14.6 Å². The third kappa shape index (κ3) is 2.36. The average molecular weight is 342 g/mol. The van der Waals surface area contributed by atoms with Crippen molar-refractivity contribution in [1.29, 1.82) is 0 Å². The first kappa shape index (κ1) is 15.0. The maximum atomic E-state index is 12.3. The SMILES string of the molecule is O[C@@H]1[C@H](O)[C@@H]2C[C@@H]2[C@H]1n1cnc2c(NCCCF)nc(Cl)nc21. The number of hydrogen-bond donors (Lipinski definition) is 3. The maximum Gasteiger partial charge on any atom is 0.226 e. The zero-order chi connectivity index (χ0) is 16.1. The Kier molecular flexibility index (Phi) is 3.62. The van der Waals surface area contributed by atoms with Gasteiger partial charge in [-0.25, -0.2) is 4.98 Å². The highest BCUT2D eigenvalue weighted by Crippen LogP contribution is 2.57. The number of fused-ring (bicyclic) bond motifs is 2. The molecule has 23 heavy (non-hydrogen) atoms. The lowest BCUT2D eigenvalue weighted by molar-refractivity contribution is 0.00386. The van der Waals surface area contributed by atoms with E-state index in [0.717, 1.165) is 6.42 Å². The fourth-order valence-corrected chi connectivity index (χ4v) is 3.77. The van der Waals surface area contributed by atoms with Gasteiger partial charge in [0, 0.05) is 6.54 Å². The van der Waals surface area contributed by atoms with Crippen LogP contribution in [0.1, 0.15) is 18.9 Å². The minimum atomic E-state index is -0.840.